The van der Waals surface area contributed by atoms with E-state index in [2.05, 4.69) is 0 Å². The summed E-state index contributed by atoms with van der Waals surface area (Å²) < 4.78 is 5.32. The summed E-state index contributed by atoms with van der Waals surface area (Å²) in [7, 11) is 0. The fourth-order valence-electron chi connectivity index (χ4n) is 2.19. The summed E-state index contributed by atoms with van der Waals surface area (Å²) in [6, 6.07) is 6.98. The number of benzene rings is 1. The molecule has 1 atom stereocenters. The van der Waals surface area contributed by atoms with Crippen LogP contribution in [-0.4, -0.2) is 24.5 Å². The largest absolute Gasteiger partial charge is 0.464 e. The van der Waals surface area contributed by atoms with Gasteiger partial charge in [0, 0.05) is 12.6 Å². The molecule has 0 fully saturated rings. The van der Waals surface area contributed by atoms with Gasteiger partial charge < -0.3 is 4.74 Å². The minimum absolute atomic E-state index is 0.155. The zero-order valence-electron chi connectivity index (χ0n) is 13.6. The molecule has 0 aliphatic carbocycles. The molecule has 4 nitrogen and oxygen atoms in total. The maximum Gasteiger partial charge on any atom is 0.329 e. The van der Waals surface area contributed by atoms with E-state index in [1.165, 1.54) is 11.8 Å². The minimum atomic E-state index is -0.581. The van der Waals surface area contributed by atoms with Crippen molar-refractivity contribution < 1.29 is 14.3 Å². The molecular weight excluding hydrogens is 266 g/mol. The maximum atomic E-state index is 12.3. The van der Waals surface area contributed by atoms with E-state index >= 15 is 0 Å². The summed E-state index contributed by atoms with van der Waals surface area (Å²) in [5.74, 6) is -0.224. The third-order valence-corrected chi connectivity index (χ3v) is 3.24. The molecule has 0 saturated carbocycles. The van der Waals surface area contributed by atoms with Gasteiger partial charge in [-0.15, -0.1) is 0 Å². The average Bonchev–Trinajstić information content (AvgIpc) is 2.42. The molecule has 0 spiro atoms. The van der Waals surface area contributed by atoms with E-state index in [0.29, 0.717) is 13.0 Å². The van der Waals surface area contributed by atoms with Crippen molar-refractivity contribution in [3.05, 3.63) is 29.8 Å². The summed E-state index contributed by atoms with van der Waals surface area (Å²) >= 11 is 0. The van der Waals surface area contributed by atoms with E-state index in [1.54, 1.807) is 0 Å². The Balaban J connectivity index is 3.05. The molecule has 21 heavy (non-hydrogen) atoms. The number of hydrogen-bond donors (Lipinski definition) is 0. The number of rotatable bonds is 6. The summed E-state index contributed by atoms with van der Waals surface area (Å²) in [5, 5.41) is 0. The van der Waals surface area contributed by atoms with Crippen LogP contribution < -0.4 is 4.90 Å². The Morgan fingerprint density at radius 1 is 1.24 bits per heavy atom. The predicted octanol–water partition coefficient (Wildman–Crippen LogP) is 3.33. The SMILES string of the molecule is CCC(C(=O)OCC(C)C)N(C(C)=O)c1ccccc1C. The van der Waals surface area contributed by atoms with Crippen LogP contribution in [0.25, 0.3) is 0 Å². The Morgan fingerprint density at radius 3 is 2.33 bits per heavy atom. The molecule has 1 aromatic carbocycles. The molecule has 0 bridgehead atoms. The van der Waals surface area contributed by atoms with Crippen LogP contribution in [0.15, 0.2) is 24.3 Å². The lowest BCUT2D eigenvalue weighted by Gasteiger charge is -2.30. The van der Waals surface area contributed by atoms with E-state index < -0.39 is 6.04 Å². The van der Waals surface area contributed by atoms with Crippen LogP contribution in [-0.2, 0) is 14.3 Å². The Bertz CT molecular complexity index is 497. The Hall–Kier alpha value is -1.84. The van der Waals surface area contributed by atoms with Gasteiger partial charge in [0.2, 0.25) is 5.91 Å². The Morgan fingerprint density at radius 2 is 1.86 bits per heavy atom. The van der Waals surface area contributed by atoms with Crippen LogP contribution in [0.1, 0.15) is 39.7 Å². The van der Waals surface area contributed by atoms with Crippen molar-refractivity contribution in [2.45, 2.75) is 47.1 Å². The van der Waals surface area contributed by atoms with Gasteiger partial charge in [-0.25, -0.2) is 4.79 Å². The van der Waals surface area contributed by atoms with Crippen molar-refractivity contribution in [1.29, 1.82) is 0 Å². The summed E-state index contributed by atoms with van der Waals surface area (Å²) in [4.78, 5) is 25.9. The normalized spacial score (nSPS) is 12.1. The van der Waals surface area contributed by atoms with Crippen LogP contribution in [0.4, 0.5) is 5.69 Å². The van der Waals surface area contributed by atoms with E-state index in [-0.39, 0.29) is 17.8 Å². The third-order valence-electron chi connectivity index (χ3n) is 3.24. The number of nitrogens with zero attached hydrogens (tertiary/aromatic N) is 1. The summed E-state index contributed by atoms with van der Waals surface area (Å²) in [6.45, 7) is 9.63. The van der Waals surface area contributed by atoms with Gasteiger partial charge in [-0.05, 0) is 30.9 Å². The van der Waals surface area contributed by atoms with Crippen molar-refractivity contribution in [3.8, 4) is 0 Å². The van der Waals surface area contributed by atoms with Crippen LogP contribution >= 0.6 is 0 Å². The molecule has 0 radical (unpaired) electrons. The topological polar surface area (TPSA) is 46.6 Å². The Kier molecular flexibility index (Phi) is 6.40. The molecule has 4 heteroatoms. The number of carbonyl (C=O) groups is 2. The summed E-state index contributed by atoms with van der Waals surface area (Å²) in [6.07, 6.45) is 0.519. The van der Waals surface area contributed by atoms with Crippen molar-refractivity contribution in [2.75, 3.05) is 11.5 Å². The fourth-order valence-corrected chi connectivity index (χ4v) is 2.19. The third kappa shape index (κ3) is 4.59. The number of hydrogen-bond acceptors (Lipinski definition) is 3. The number of ether oxygens (including phenoxy) is 1. The second kappa shape index (κ2) is 7.81. The highest BCUT2D eigenvalue weighted by Crippen LogP contribution is 2.24. The fraction of sp³-hybridized carbons (Fsp3) is 0.529. The molecule has 1 rings (SSSR count). The number of carbonyl (C=O) groups excluding carboxylic acids is 2. The molecule has 0 N–H and O–H groups in total. The number of esters is 1. The lowest BCUT2D eigenvalue weighted by molar-refractivity contribution is -0.147. The van der Waals surface area contributed by atoms with Crippen LogP contribution in [0, 0.1) is 12.8 Å². The number of amides is 1. The highest BCUT2D eigenvalue weighted by Gasteiger charge is 2.29. The zero-order chi connectivity index (χ0) is 16.0. The quantitative estimate of drug-likeness (QED) is 0.755. The van der Waals surface area contributed by atoms with Crippen molar-refractivity contribution in [3.63, 3.8) is 0 Å². The highest BCUT2D eigenvalue weighted by atomic mass is 16.5. The molecule has 1 amide bonds. The molecule has 0 aliphatic heterocycles. The van der Waals surface area contributed by atoms with Crippen LogP contribution in [0.3, 0.4) is 0 Å². The average molecular weight is 291 g/mol. The molecule has 0 heterocycles. The van der Waals surface area contributed by atoms with E-state index in [4.69, 9.17) is 4.74 Å². The van der Waals surface area contributed by atoms with Crippen LogP contribution in [0.5, 0.6) is 0 Å². The van der Waals surface area contributed by atoms with Crippen molar-refractivity contribution in [2.24, 2.45) is 5.92 Å². The van der Waals surface area contributed by atoms with E-state index in [9.17, 15) is 9.59 Å². The number of anilines is 1. The zero-order valence-corrected chi connectivity index (χ0v) is 13.6. The van der Waals surface area contributed by atoms with Gasteiger partial charge in [-0.3, -0.25) is 9.69 Å². The highest BCUT2D eigenvalue weighted by molar-refractivity contribution is 5.98. The van der Waals surface area contributed by atoms with Gasteiger partial charge >= 0.3 is 5.97 Å². The molecular formula is C17H25NO3. The molecule has 0 aromatic heterocycles. The van der Waals surface area contributed by atoms with Crippen LogP contribution in [0.2, 0.25) is 0 Å². The van der Waals surface area contributed by atoms with Gasteiger partial charge in [0.1, 0.15) is 6.04 Å². The van der Waals surface area contributed by atoms with E-state index in [0.717, 1.165) is 11.3 Å². The first kappa shape index (κ1) is 17.2. The molecule has 0 aliphatic rings. The number of para-hydroxylation sites is 1. The first-order valence-corrected chi connectivity index (χ1v) is 7.40. The first-order valence-electron chi connectivity index (χ1n) is 7.40. The monoisotopic (exact) mass is 291 g/mol. The smallest absolute Gasteiger partial charge is 0.329 e. The second-order valence-electron chi connectivity index (χ2n) is 5.62. The first-order chi connectivity index (χ1) is 9.88. The van der Waals surface area contributed by atoms with Gasteiger partial charge in [0.15, 0.2) is 0 Å². The number of aryl methyl sites for hydroxylation is 1. The second-order valence-corrected chi connectivity index (χ2v) is 5.62. The predicted molar refractivity (Wildman–Crippen MR) is 84.2 cm³/mol. The maximum absolute atomic E-state index is 12.3. The van der Waals surface area contributed by atoms with Gasteiger partial charge in [-0.1, -0.05) is 39.0 Å². The van der Waals surface area contributed by atoms with Gasteiger partial charge in [0.25, 0.3) is 0 Å². The molecule has 116 valence electrons. The van der Waals surface area contributed by atoms with Crippen molar-refractivity contribution >= 4 is 17.6 Å². The minimum Gasteiger partial charge on any atom is -0.464 e. The molecule has 0 saturated heterocycles. The standard InChI is InChI=1S/C17H25NO3/c1-6-15(17(20)21-11-12(2)3)18(14(5)19)16-10-8-7-9-13(16)4/h7-10,12,15H,6,11H2,1-5H3. The lowest BCUT2D eigenvalue weighted by Crippen LogP contribution is -2.45. The van der Waals surface area contributed by atoms with Crippen molar-refractivity contribution in [1.82, 2.24) is 0 Å². The molecule has 1 unspecified atom stereocenters. The summed E-state index contributed by atoms with van der Waals surface area (Å²) in [5.41, 5.74) is 1.72. The van der Waals surface area contributed by atoms with Gasteiger partial charge in [0.05, 0.1) is 6.61 Å². The lowest BCUT2D eigenvalue weighted by atomic mass is 10.1. The molecule has 1 aromatic rings. The van der Waals surface area contributed by atoms with Gasteiger partial charge in [-0.2, -0.15) is 0 Å². The Labute approximate surface area is 127 Å². The van der Waals surface area contributed by atoms with E-state index in [1.807, 2.05) is 52.0 Å².